The number of fused-ring (bicyclic) bond motifs is 1. The molecular weight excluding hydrogens is 438 g/mol. The van der Waals surface area contributed by atoms with Gasteiger partial charge in [-0.2, -0.15) is 4.31 Å². The first-order valence-corrected chi connectivity index (χ1v) is 12.3. The van der Waals surface area contributed by atoms with E-state index in [1.54, 1.807) is 34.9 Å². The third-order valence-corrected chi connectivity index (χ3v) is 7.77. The molecule has 0 radical (unpaired) electrons. The number of nitrogens with one attached hydrogen (secondary N) is 1. The lowest BCUT2D eigenvalue weighted by Gasteiger charge is -2.35. The number of nitrogens with zero attached hydrogens (tertiary/aromatic N) is 6. The molecular formula is C23H25N7O2S. The zero-order valence-electron chi connectivity index (χ0n) is 18.3. The van der Waals surface area contributed by atoms with E-state index in [4.69, 9.17) is 0 Å². The van der Waals surface area contributed by atoms with Crippen molar-refractivity contribution in [1.82, 2.24) is 23.8 Å². The Hall–Kier alpha value is -3.50. The molecule has 0 aliphatic carbocycles. The second kappa shape index (κ2) is 8.80. The minimum atomic E-state index is -3.55. The van der Waals surface area contributed by atoms with E-state index in [1.165, 1.54) is 6.33 Å². The van der Waals surface area contributed by atoms with Crippen molar-refractivity contribution in [2.24, 2.45) is 0 Å². The van der Waals surface area contributed by atoms with Gasteiger partial charge < -0.3 is 14.8 Å². The number of aromatic nitrogens is 4. The molecule has 3 heterocycles. The largest absolute Gasteiger partial charge is 0.369 e. The Bertz CT molecular complexity index is 1350. The first kappa shape index (κ1) is 21.4. The highest BCUT2D eigenvalue weighted by Crippen LogP contribution is 2.25. The van der Waals surface area contributed by atoms with Crippen molar-refractivity contribution in [1.29, 1.82) is 0 Å². The van der Waals surface area contributed by atoms with Crippen molar-refractivity contribution in [3.05, 3.63) is 67.3 Å². The van der Waals surface area contributed by atoms with Crippen molar-refractivity contribution in [3.63, 3.8) is 0 Å². The van der Waals surface area contributed by atoms with Gasteiger partial charge in [0.1, 0.15) is 6.33 Å². The molecule has 1 N–H and O–H groups in total. The SMILES string of the molecule is CCn1cnc2c(Nc3ccc(S(=O)(=O)N4CCN(c5ccccc5)CC4)cc3)ncnc21. The second-order valence-electron chi connectivity index (χ2n) is 7.80. The Morgan fingerprint density at radius 1 is 0.909 bits per heavy atom. The molecule has 9 nitrogen and oxygen atoms in total. The quantitative estimate of drug-likeness (QED) is 0.469. The number of piperazine rings is 1. The second-order valence-corrected chi connectivity index (χ2v) is 9.74. The van der Waals surface area contributed by atoms with Gasteiger partial charge in [0.2, 0.25) is 10.0 Å². The van der Waals surface area contributed by atoms with Crippen LogP contribution in [0, 0.1) is 0 Å². The number of benzene rings is 2. The zero-order chi connectivity index (χ0) is 22.8. The maximum atomic E-state index is 13.2. The summed E-state index contributed by atoms with van der Waals surface area (Å²) in [4.78, 5) is 15.5. The Morgan fingerprint density at radius 3 is 2.33 bits per heavy atom. The van der Waals surface area contributed by atoms with Gasteiger partial charge in [0.25, 0.3) is 0 Å². The van der Waals surface area contributed by atoms with Crippen LogP contribution < -0.4 is 10.2 Å². The van der Waals surface area contributed by atoms with Crippen LogP contribution in [0.25, 0.3) is 11.2 Å². The van der Waals surface area contributed by atoms with Crippen LogP contribution in [0.3, 0.4) is 0 Å². The molecule has 0 bridgehead atoms. The summed E-state index contributed by atoms with van der Waals surface area (Å²) in [5.41, 5.74) is 3.28. The van der Waals surface area contributed by atoms with E-state index in [0.29, 0.717) is 37.5 Å². The summed E-state index contributed by atoms with van der Waals surface area (Å²) in [6.45, 7) is 5.02. The van der Waals surface area contributed by atoms with Gasteiger partial charge in [-0.15, -0.1) is 0 Å². The van der Waals surface area contributed by atoms with Crippen LogP contribution in [-0.4, -0.2) is 58.4 Å². The lowest BCUT2D eigenvalue weighted by atomic mass is 10.2. The molecule has 1 saturated heterocycles. The molecule has 0 spiro atoms. The van der Waals surface area contributed by atoms with Gasteiger partial charge in [0, 0.05) is 44.1 Å². The Kier molecular flexibility index (Phi) is 5.69. The number of imidazole rings is 1. The van der Waals surface area contributed by atoms with Gasteiger partial charge in [0.05, 0.1) is 11.2 Å². The Morgan fingerprint density at radius 2 is 1.64 bits per heavy atom. The fourth-order valence-corrected chi connectivity index (χ4v) is 5.45. The molecule has 0 unspecified atom stereocenters. The van der Waals surface area contributed by atoms with Gasteiger partial charge in [0.15, 0.2) is 17.0 Å². The van der Waals surface area contributed by atoms with Crippen molar-refractivity contribution in [2.45, 2.75) is 18.4 Å². The average molecular weight is 464 g/mol. The standard InChI is InChI=1S/C23H25N7O2S/c1-2-28-17-26-21-22(24-16-25-23(21)28)27-18-8-10-20(11-9-18)33(31,32)30-14-12-29(13-15-30)19-6-4-3-5-7-19/h3-11,16-17H,2,12-15H2,1H3,(H,24,25,27). The van der Waals surface area contributed by atoms with E-state index in [-0.39, 0.29) is 4.90 Å². The van der Waals surface area contributed by atoms with Gasteiger partial charge in [-0.3, -0.25) is 0 Å². The van der Waals surface area contributed by atoms with Crippen LogP contribution in [0.2, 0.25) is 0 Å². The van der Waals surface area contributed by atoms with Gasteiger partial charge in [-0.25, -0.2) is 23.4 Å². The molecule has 0 atom stereocenters. The predicted octanol–water partition coefficient (Wildman–Crippen LogP) is 3.10. The topological polar surface area (TPSA) is 96.2 Å². The lowest BCUT2D eigenvalue weighted by molar-refractivity contribution is 0.385. The highest BCUT2D eigenvalue weighted by molar-refractivity contribution is 7.89. The molecule has 2 aromatic heterocycles. The minimum Gasteiger partial charge on any atom is -0.369 e. The van der Waals surface area contributed by atoms with E-state index in [1.807, 2.05) is 41.8 Å². The molecule has 2 aromatic carbocycles. The summed E-state index contributed by atoms with van der Waals surface area (Å²) >= 11 is 0. The van der Waals surface area contributed by atoms with E-state index >= 15 is 0 Å². The highest BCUT2D eigenvalue weighted by atomic mass is 32.2. The summed E-state index contributed by atoms with van der Waals surface area (Å²) < 4.78 is 29.8. The molecule has 10 heteroatoms. The third-order valence-electron chi connectivity index (χ3n) is 5.86. The van der Waals surface area contributed by atoms with Crippen molar-refractivity contribution in [2.75, 3.05) is 36.4 Å². The lowest BCUT2D eigenvalue weighted by Crippen LogP contribution is -2.48. The van der Waals surface area contributed by atoms with E-state index in [9.17, 15) is 8.42 Å². The monoisotopic (exact) mass is 463 g/mol. The van der Waals surface area contributed by atoms with Crippen LogP contribution in [0.1, 0.15) is 6.92 Å². The van der Waals surface area contributed by atoms with Crippen LogP contribution in [0.4, 0.5) is 17.2 Å². The summed E-state index contributed by atoms with van der Waals surface area (Å²) in [5, 5.41) is 3.22. The number of sulfonamides is 1. The molecule has 4 aromatic rings. The first-order valence-electron chi connectivity index (χ1n) is 10.9. The average Bonchev–Trinajstić information content (AvgIpc) is 3.29. The normalized spacial score (nSPS) is 15.1. The summed E-state index contributed by atoms with van der Waals surface area (Å²) in [6.07, 6.45) is 3.23. The molecule has 1 aliphatic rings. The van der Waals surface area contributed by atoms with E-state index in [0.717, 1.165) is 23.6 Å². The molecule has 1 fully saturated rings. The van der Waals surface area contributed by atoms with Gasteiger partial charge in [-0.05, 0) is 43.3 Å². The number of aryl methyl sites for hydroxylation is 1. The minimum absolute atomic E-state index is 0.282. The molecule has 1 aliphatic heterocycles. The number of para-hydroxylation sites is 1. The predicted molar refractivity (Wildman–Crippen MR) is 128 cm³/mol. The van der Waals surface area contributed by atoms with Crippen LogP contribution in [0.15, 0.2) is 72.1 Å². The molecule has 0 amide bonds. The summed E-state index contributed by atoms with van der Waals surface area (Å²) in [6, 6.07) is 16.8. The van der Waals surface area contributed by atoms with Gasteiger partial charge in [-0.1, -0.05) is 18.2 Å². The highest BCUT2D eigenvalue weighted by Gasteiger charge is 2.28. The van der Waals surface area contributed by atoms with Crippen molar-refractivity contribution in [3.8, 4) is 0 Å². The molecule has 5 rings (SSSR count). The fraction of sp³-hybridized carbons (Fsp3) is 0.261. The van der Waals surface area contributed by atoms with Crippen LogP contribution >= 0.6 is 0 Å². The number of hydrogen-bond acceptors (Lipinski definition) is 7. The smallest absolute Gasteiger partial charge is 0.243 e. The number of hydrogen-bond donors (Lipinski definition) is 1. The van der Waals surface area contributed by atoms with Crippen molar-refractivity contribution >= 4 is 38.4 Å². The summed E-state index contributed by atoms with van der Waals surface area (Å²) in [5.74, 6) is 0.583. The third kappa shape index (κ3) is 4.14. The molecule has 33 heavy (non-hydrogen) atoms. The van der Waals surface area contributed by atoms with Crippen LogP contribution in [0.5, 0.6) is 0 Å². The Balaban J connectivity index is 1.29. The van der Waals surface area contributed by atoms with Crippen molar-refractivity contribution < 1.29 is 8.42 Å². The van der Waals surface area contributed by atoms with E-state index in [2.05, 4.69) is 25.2 Å². The van der Waals surface area contributed by atoms with E-state index < -0.39 is 10.0 Å². The Labute approximate surface area is 192 Å². The number of rotatable bonds is 6. The zero-order valence-corrected chi connectivity index (χ0v) is 19.1. The van der Waals surface area contributed by atoms with Crippen LogP contribution in [-0.2, 0) is 16.6 Å². The molecule has 170 valence electrons. The maximum Gasteiger partial charge on any atom is 0.243 e. The summed E-state index contributed by atoms with van der Waals surface area (Å²) in [7, 11) is -3.55. The maximum absolute atomic E-state index is 13.2. The number of anilines is 3. The fourth-order valence-electron chi connectivity index (χ4n) is 4.03. The first-order chi connectivity index (χ1) is 16.1. The molecule has 0 saturated carbocycles. The van der Waals surface area contributed by atoms with Gasteiger partial charge >= 0.3 is 0 Å².